The Labute approximate surface area is 137 Å². The van der Waals surface area contributed by atoms with Crippen molar-refractivity contribution in [3.05, 3.63) is 69.6 Å². The molecular formula is C16H12Cl2O2S. The van der Waals surface area contributed by atoms with E-state index in [2.05, 4.69) is 0 Å². The highest BCUT2D eigenvalue weighted by atomic mass is 35.5. The van der Waals surface area contributed by atoms with E-state index in [0.717, 1.165) is 10.6 Å². The minimum absolute atomic E-state index is 0.0803. The molecule has 0 aliphatic carbocycles. The van der Waals surface area contributed by atoms with Gasteiger partial charge in [0, 0.05) is 15.5 Å². The summed E-state index contributed by atoms with van der Waals surface area (Å²) in [6, 6.07) is 12.2. The van der Waals surface area contributed by atoms with Crippen molar-refractivity contribution in [1.29, 1.82) is 0 Å². The Kier molecular flexibility index (Phi) is 5.74. The number of rotatable bonds is 5. The van der Waals surface area contributed by atoms with Crippen LogP contribution in [0.15, 0.2) is 58.8 Å². The molecular weight excluding hydrogens is 327 g/mol. The van der Waals surface area contributed by atoms with E-state index in [0.29, 0.717) is 15.6 Å². The molecule has 0 N–H and O–H groups in total. The quantitative estimate of drug-likeness (QED) is 0.409. The number of carbonyl (C=O) groups is 1. The molecule has 0 fully saturated rings. The number of hydrogen-bond acceptors (Lipinski definition) is 3. The van der Waals surface area contributed by atoms with Crippen molar-refractivity contribution in [2.45, 2.75) is 4.90 Å². The summed E-state index contributed by atoms with van der Waals surface area (Å²) >= 11 is 13.3. The fourth-order valence-corrected chi connectivity index (χ4v) is 2.79. The van der Waals surface area contributed by atoms with E-state index in [1.165, 1.54) is 17.8 Å². The van der Waals surface area contributed by atoms with Gasteiger partial charge in [-0.1, -0.05) is 35.0 Å². The standard InChI is InChI=1S/C16H12Cl2O2S/c1-20-13-5-2-11(3-6-13)15(19)8-9-21-16-10-12(17)4-7-14(16)18/h2-10H,1H3/b9-8+. The number of thioether (sulfide) groups is 1. The average molecular weight is 339 g/mol. The number of benzene rings is 2. The van der Waals surface area contributed by atoms with Crippen molar-refractivity contribution in [2.24, 2.45) is 0 Å². The third kappa shape index (κ3) is 4.53. The van der Waals surface area contributed by atoms with Crippen molar-refractivity contribution < 1.29 is 9.53 Å². The topological polar surface area (TPSA) is 26.3 Å². The van der Waals surface area contributed by atoms with E-state index in [-0.39, 0.29) is 5.78 Å². The van der Waals surface area contributed by atoms with E-state index in [9.17, 15) is 4.79 Å². The van der Waals surface area contributed by atoms with Crippen molar-refractivity contribution in [1.82, 2.24) is 0 Å². The van der Waals surface area contributed by atoms with Gasteiger partial charge in [-0.15, -0.1) is 0 Å². The van der Waals surface area contributed by atoms with Gasteiger partial charge in [-0.2, -0.15) is 0 Å². The van der Waals surface area contributed by atoms with Crippen molar-refractivity contribution >= 4 is 40.7 Å². The Morgan fingerprint density at radius 2 is 1.86 bits per heavy atom. The van der Waals surface area contributed by atoms with Gasteiger partial charge in [0.15, 0.2) is 5.78 Å². The first-order valence-corrected chi connectivity index (χ1v) is 7.70. The van der Waals surface area contributed by atoms with Crippen LogP contribution in [0.5, 0.6) is 5.75 Å². The molecule has 0 heterocycles. The van der Waals surface area contributed by atoms with Crippen molar-refractivity contribution in [2.75, 3.05) is 7.11 Å². The molecule has 0 spiro atoms. The first kappa shape index (κ1) is 16.0. The summed E-state index contributed by atoms with van der Waals surface area (Å²) in [5.41, 5.74) is 0.602. The van der Waals surface area contributed by atoms with Crippen LogP contribution < -0.4 is 4.74 Å². The number of methoxy groups -OCH3 is 1. The third-order valence-electron chi connectivity index (χ3n) is 2.68. The molecule has 108 valence electrons. The van der Waals surface area contributed by atoms with Gasteiger partial charge in [0.1, 0.15) is 5.75 Å². The number of carbonyl (C=O) groups excluding carboxylic acids is 1. The van der Waals surface area contributed by atoms with Gasteiger partial charge in [-0.05, 0) is 53.9 Å². The molecule has 0 unspecified atom stereocenters. The summed E-state index contributed by atoms with van der Waals surface area (Å²) in [5, 5.41) is 2.91. The van der Waals surface area contributed by atoms with E-state index in [1.807, 2.05) is 0 Å². The molecule has 0 saturated heterocycles. The Balaban J connectivity index is 2.03. The maximum absolute atomic E-state index is 12.0. The fraction of sp³-hybridized carbons (Fsp3) is 0.0625. The predicted octanol–water partition coefficient (Wildman–Crippen LogP) is 5.49. The molecule has 0 aromatic heterocycles. The van der Waals surface area contributed by atoms with E-state index >= 15 is 0 Å². The van der Waals surface area contributed by atoms with Crippen molar-refractivity contribution in [3.8, 4) is 5.75 Å². The summed E-state index contributed by atoms with van der Waals surface area (Å²) in [6.07, 6.45) is 1.50. The highest BCUT2D eigenvalue weighted by Crippen LogP contribution is 2.30. The van der Waals surface area contributed by atoms with Gasteiger partial charge < -0.3 is 4.74 Å². The normalized spacial score (nSPS) is 10.8. The first-order valence-electron chi connectivity index (χ1n) is 6.07. The Morgan fingerprint density at radius 3 is 2.52 bits per heavy atom. The summed E-state index contributed by atoms with van der Waals surface area (Å²) < 4.78 is 5.05. The molecule has 0 aliphatic heterocycles. The van der Waals surface area contributed by atoms with Crippen LogP contribution in [-0.2, 0) is 0 Å². The maximum atomic E-state index is 12.0. The average Bonchev–Trinajstić information content (AvgIpc) is 2.50. The molecule has 0 bridgehead atoms. The molecule has 0 atom stereocenters. The zero-order chi connectivity index (χ0) is 15.2. The van der Waals surface area contributed by atoms with Gasteiger partial charge in [-0.3, -0.25) is 4.79 Å². The van der Waals surface area contributed by atoms with Gasteiger partial charge in [0.05, 0.1) is 12.1 Å². The van der Waals surface area contributed by atoms with Crippen LogP contribution in [0.25, 0.3) is 0 Å². The van der Waals surface area contributed by atoms with Crippen LogP contribution in [0.1, 0.15) is 10.4 Å². The van der Waals surface area contributed by atoms with Crippen LogP contribution in [0.4, 0.5) is 0 Å². The molecule has 2 rings (SSSR count). The molecule has 2 aromatic rings. The Morgan fingerprint density at radius 1 is 1.14 bits per heavy atom. The predicted molar refractivity (Wildman–Crippen MR) is 88.8 cm³/mol. The molecule has 0 aliphatic rings. The van der Waals surface area contributed by atoms with Crippen molar-refractivity contribution in [3.63, 3.8) is 0 Å². The molecule has 0 amide bonds. The van der Waals surface area contributed by atoms with E-state index in [4.69, 9.17) is 27.9 Å². The monoisotopic (exact) mass is 338 g/mol. The van der Waals surface area contributed by atoms with Crippen LogP contribution in [0.3, 0.4) is 0 Å². The van der Waals surface area contributed by atoms with E-state index < -0.39 is 0 Å². The Hall–Kier alpha value is -1.42. The lowest BCUT2D eigenvalue weighted by molar-refractivity contribution is 0.104. The molecule has 0 radical (unpaired) electrons. The minimum atomic E-state index is -0.0803. The number of halogens is 2. The third-order valence-corrected chi connectivity index (χ3v) is 4.22. The second-order valence-corrected chi connectivity index (χ2v) is 5.88. The number of ether oxygens (including phenoxy) is 1. The minimum Gasteiger partial charge on any atom is -0.497 e. The lowest BCUT2D eigenvalue weighted by Gasteiger charge is -2.01. The second-order valence-electron chi connectivity index (χ2n) is 4.09. The molecule has 2 aromatic carbocycles. The summed E-state index contributed by atoms with van der Waals surface area (Å²) in [5.74, 6) is 0.638. The van der Waals surface area contributed by atoms with Crippen LogP contribution in [0, 0.1) is 0 Å². The maximum Gasteiger partial charge on any atom is 0.186 e. The number of allylic oxidation sites excluding steroid dienone is 1. The highest BCUT2D eigenvalue weighted by Gasteiger charge is 2.03. The highest BCUT2D eigenvalue weighted by molar-refractivity contribution is 8.02. The van der Waals surface area contributed by atoms with Crippen LogP contribution >= 0.6 is 35.0 Å². The van der Waals surface area contributed by atoms with Crippen LogP contribution in [0.2, 0.25) is 10.0 Å². The molecule has 5 heteroatoms. The molecule has 0 saturated carbocycles. The Bertz CT molecular complexity index is 666. The summed E-state index contributed by atoms with van der Waals surface area (Å²) in [4.78, 5) is 12.8. The molecule has 21 heavy (non-hydrogen) atoms. The largest absolute Gasteiger partial charge is 0.497 e. The zero-order valence-electron chi connectivity index (χ0n) is 11.2. The lowest BCUT2D eigenvalue weighted by atomic mass is 10.1. The molecule has 2 nitrogen and oxygen atoms in total. The fourth-order valence-electron chi connectivity index (χ4n) is 1.59. The summed E-state index contributed by atoms with van der Waals surface area (Å²) in [7, 11) is 1.59. The number of hydrogen-bond donors (Lipinski definition) is 0. The summed E-state index contributed by atoms with van der Waals surface area (Å²) in [6.45, 7) is 0. The smallest absolute Gasteiger partial charge is 0.186 e. The first-order chi connectivity index (χ1) is 10.1. The SMILES string of the molecule is COc1ccc(C(=O)/C=C/Sc2cc(Cl)ccc2Cl)cc1. The zero-order valence-corrected chi connectivity index (χ0v) is 13.5. The van der Waals surface area contributed by atoms with Gasteiger partial charge >= 0.3 is 0 Å². The van der Waals surface area contributed by atoms with E-state index in [1.54, 1.807) is 55.0 Å². The van der Waals surface area contributed by atoms with Gasteiger partial charge in [0.25, 0.3) is 0 Å². The second kappa shape index (κ2) is 7.55. The van der Waals surface area contributed by atoms with Gasteiger partial charge in [-0.25, -0.2) is 0 Å². The number of ketones is 1. The van der Waals surface area contributed by atoms with Gasteiger partial charge in [0.2, 0.25) is 0 Å². The van der Waals surface area contributed by atoms with Crippen LogP contribution in [-0.4, -0.2) is 12.9 Å². The lowest BCUT2D eigenvalue weighted by Crippen LogP contribution is -1.93.